The third kappa shape index (κ3) is 2.17. The number of aryl methyl sites for hydroxylation is 1. The first-order chi connectivity index (χ1) is 5.95. The molecule has 0 saturated heterocycles. The Kier molecular flexibility index (Phi) is 2.54. The van der Waals surface area contributed by atoms with Crippen molar-refractivity contribution in [2.75, 3.05) is 5.73 Å². The fraction of sp³-hybridized carbons (Fsp3) is 0.500. The summed E-state index contributed by atoms with van der Waals surface area (Å²) in [7, 11) is 0. The van der Waals surface area contributed by atoms with Gasteiger partial charge in [0.1, 0.15) is 0 Å². The van der Waals surface area contributed by atoms with Gasteiger partial charge >= 0.3 is 6.18 Å². The summed E-state index contributed by atoms with van der Waals surface area (Å²) in [6, 6.07) is 0. The van der Waals surface area contributed by atoms with Gasteiger partial charge in [0, 0.05) is 18.9 Å². The van der Waals surface area contributed by atoms with E-state index in [-0.39, 0.29) is 5.69 Å². The van der Waals surface area contributed by atoms with E-state index in [4.69, 9.17) is 5.73 Å². The average molecular weight is 192 g/mol. The molecule has 1 rings (SSSR count). The number of hydrogen-bond donors (Lipinski definition) is 1. The molecule has 0 saturated carbocycles. The van der Waals surface area contributed by atoms with Crippen molar-refractivity contribution >= 4 is 5.69 Å². The zero-order valence-electron chi connectivity index (χ0n) is 7.23. The SMILES string of the molecule is CCCn1cc(N)c(C(F)(F)F)c1. The predicted octanol–water partition coefficient (Wildman–Crippen LogP) is 2.50. The number of rotatable bonds is 2. The summed E-state index contributed by atoms with van der Waals surface area (Å²) < 4.78 is 38.1. The summed E-state index contributed by atoms with van der Waals surface area (Å²) in [5.74, 6) is 0. The fourth-order valence-electron chi connectivity index (χ4n) is 1.15. The molecule has 0 fully saturated rings. The van der Waals surface area contributed by atoms with Gasteiger partial charge < -0.3 is 10.3 Å². The molecule has 0 atom stereocenters. The first-order valence-corrected chi connectivity index (χ1v) is 3.97. The molecule has 74 valence electrons. The van der Waals surface area contributed by atoms with Gasteiger partial charge in [-0.05, 0) is 6.42 Å². The Morgan fingerprint density at radius 3 is 2.38 bits per heavy atom. The van der Waals surface area contributed by atoms with Crippen molar-refractivity contribution in [2.45, 2.75) is 26.1 Å². The maximum Gasteiger partial charge on any atom is 0.419 e. The molecule has 0 radical (unpaired) electrons. The standard InChI is InChI=1S/C8H11F3N2/c1-2-3-13-4-6(7(12)5-13)8(9,10)11/h4-5H,2-3,12H2,1H3. The Bertz CT molecular complexity index is 288. The van der Waals surface area contributed by atoms with E-state index in [1.807, 2.05) is 6.92 Å². The smallest absolute Gasteiger partial charge is 0.397 e. The van der Waals surface area contributed by atoms with Crippen LogP contribution in [0.3, 0.4) is 0 Å². The van der Waals surface area contributed by atoms with Gasteiger partial charge in [-0.2, -0.15) is 13.2 Å². The molecule has 0 unspecified atom stereocenters. The van der Waals surface area contributed by atoms with Crippen LogP contribution in [0.5, 0.6) is 0 Å². The number of nitrogens with two attached hydrogens (primary N) is 1. The van der Waals surface area contributed by atoms with E-state index in [2.05, 4.69) is 0 Å². The summed E-state index contributed by atoms with van der Waals surface area (Å²) in [5, 5.41) is 0. The lowest BCUT2D eigenvalue weighted by molar-refractivity contribution is -0.136. The highest BCUT2D eigenvalue weighted by Crippen LogP contribution is 2.33. The molecule has 13 heavy (non-hydrogen) atoms. The van der Waals surface area contributed by atoms with Crippen molar-refractivity contribution in [3.63, 3.8) is 0 Å². The van der Waals surface area contributed by atoms with Gasteiger partial charge in [-0.1, -0.05) is 6.92 Å². The van der Waals surface area contributed by atoms with Gasteiger partial charge in [0.05, 0.1) is 11.3 Å². The van der Waals surface area contributed by atoms with Crippen LogP contribution < -0.4 is 5.73 Å². The molecular weight excluding hydrogens is 181 g/mol. The highest BCUT2D eigenvalue weighted by Gasteiger charge is 2.34. The number of hydrogen-bond acceptors (Lipinski definition) is 1. The number of anilines is 1. The normalized spacial score (nSPS) is 12.0. The largest absolute Gasteiger partial charge is 0.419 e. The van der Waals surface area contributed by atoms with Crippen molar-refractivity contribution in [1.29, 1.82) is 0 Å². The monoisotopic (exact) mass is 192 g/mol. The quantitative estimate of drug-likeness (QED) is 0.766. The molecule has 1 aromatic heterocycles. The number of halogens is 3. The van der Waals surface area contributed by atoms with Crippen molar-refractivity contribution in [1.82, 2.24) is 4.57 Å². The summed E-state index contributed by atoms with van der Waals surface area (Å²) in [6.45, 7) is 2.45. The van der Waals surface area contributed by atoms with Gasteiger partial charge in [-0.3, -0.25) is 0 Å². The number of alkyl halides is 3. The molecule has 0 aliphatic heterocycles. The Labute approximate surface area is 74.1 Å². The zero-order valence-corrected chi connectivity index (χ0v) is 7.23. The molecule has 1 heterocycles. The number of nitrogens with zero attached hydrogens (tertiary/aromatic N) is 1. The Morgan fingerprint density at radius 1 is 1.38 bits per heavy atom. The summed E-state index contributed by atoms with van der Waals surface area (Å²) >= 11 is 0. The van der Waals surface area contributed by atoms with Crippen LogP contribution in [0.25, 0.3) is 0 Å². The van der Waals surface area contributed by atoms with Crippen LogP contribution in [-0.4, -0.2) is 4.57 Å². The van der Waals surface area contributed by atoms with E-state index in [0.717, 1.165) is 12.6 Å². The Balaban J connectivity index is 2.96. The van der Waals surface area contributed by atoms with Crippen LogP contribution in [0.4, 0.5) is 18.9 Å². The molecule has 0 amide bonds. The molecule has 0 spiro atoms. The number of aromatic nitrogens is 1. The molecule has 2 N–H and O–H groups in total. The van der Waals surface area contributed by atoms with Crippen molar-refractivity contribution in [2.24, 2.45) is 0 Å². The zero-order chi connectivity index (χ0) is 10.1. The second-order valence-electron chi connectivity index (χ2n) is 2.86. The number of nitrogen functional groups attached to an aromatic ring is 1. The van der Waals surface area contributed by atoms with E-state index in [1.54, 1.807) is 0 Å². The summed E-state index contributed by atoms with van der Waals surface area (Å²) in [4.78, 5) is 0. The van der Waals surface area contributed by atoms with E-state index in [0.29, 0.717) is 6.54 Å². The molecule has 2 nitrogen and oxygen atoms in total. The van der Waals surface area contributed by atoms with Crippen molar-refractivity contribution in [3.05, 3.63) is 18.0 Å². The second kappa shape index (κ2) is 3.32. The maximum absolute atomic E-state index is 12.2. The summed E-state index contributed by atoms with van der Waals surface area (Å²) in [6.07, 6.45) is -1.21. The predicted molar refractivity (Wildman–Crippen MR) is 44.1 cm³/mol. The van der Waals surface area contributed by atoms with Gasteiger partial charge in [0.15, 0.2) is 0 Å². The van der Waals surface area contributed by atoms with Gasteiger partial charge in [-0.15, -0.1) is 0 Å². The van der Waals surface area contributed by atoms with Crippen molar-refractivity contribution in [3.8, 4) is 0 Å². The lowest BCUT2D eigenvalue weighted by atomic mass is 10.3. The molecule has 0 bridgehead atoms. The third-order valence-corrected chi connectivity index (χ3v) is 1.70. The van der Waals surface area contributed by atoms with E-state index in [1.165, 1.54) is 10.8 Å². The minimum absolute atomic E-state index is 0.207. The van der Waals surface area contributed by atoms with E-state index < -0.39 is 11.7 Å². The first kappa shape index (κ1) is 9.95. The molecule has 5 heteroatoms. The highest BCUT2D eigenvalue weighted by molar-refractivity contribution is 5.46. The minimum atomic E-state index is -4.34. The Hall–Kier alpha value is -1.13. The minimum Gasteiger partial charge on any atom is -0.397 e. The van der Waals surface area contributed by atoms with Crippen LogP contribution in [0, 0.1) is 0 Å². The highest BCUT2D eigenvalue weighted by atomic mass is 19.4. The summed E-state index contributed by atoms with van der Waals surface area (Å²) in [5.41, 5.74) is 4.26. The fourth-order valence-corrected chi connectivity index (χ4v) is 1.15. The third-order valence-electron chi connectivity index (χ3n) is 1.70. The molecule has 0 aliphatic carbocycles. The van der Waals surface area contributed by atoms with Gasteiger partial charge in [-0.25, -0.2) is 0 Å². The Morgan fingerprint density at radius 2 is 2.00 bits per heavy atom. The second-order valence-corrected chi connectivity index (χ2v) is 2.86. The van der Waals surface area contributed by atoms with Gasteiger partial charge in [0.25, 0.3) is 0 Å². The average Bonchev–Trinajstić information content (AvgIpc) is 2.30. The molecular formula is C8H11F3N2. The van der Waals surface area contributed by atoms with Crippen LogP contribution in [-0.2, 0) is 12.7 Å². The lowest BCUT2D eigenvalue weighted by Gasteiger charge is -2.03. The van der Waals surface area contributed by atoms with Crippen LogP contribution in [0.1, 0.15) is 18.9 Å². The van der Waals surface area contributed by atoms with E-state index in [9.17, 15) is 13.2 Å². The van der Waals surface area contributed by atoms with Crippen LogP contribution >= 0.6 is 0 Å². The topological polar surface area (TPSA) is 30.9 Å². The molecule has 1 aromatic rings. The maximum atomic E-state index is 12.2. The van der Waals surface area contributed by atoms with Crippen LogP contribution in [0.2, 0.25) is 0 Å². The van der Waals surface area contributed by atoms with Crippen LogP contribution in [0.15, 0.2) is 12.4 Å². The molecule has 0 aliphatic rings. The van der Waals surface area contributed by atoms with E-state index >= 15 is 0 Å². The van der Waals surface area contributed by atoms with Crippen molar-refractivity contribution < 1.29 is 13.2 Å². The first-order valence-electron chi connectivity index (χ1n) is 3.97. The lowest BCUT2D eigenvalue weighted by Crippen LogP contribution is -2.06. The molecule has 0 aromatic carbocycles. The van der Waals surface area contributed by atoms with Gasteiger partial charge in [0.2, 0.25) is 0 Å².